The summed E-state index contributed by atoms with van der Waals surface area (Å²) in [4.78, 5) is 6.98. The number of aromatic nitrogens is 3. The molecule has 128 valence electrons. The van der Waals surface area contributed by atoms with E-state index in [-0.39, 0.29) is 6.10 Å². The van der Waals surface area contributed by atoms with Gasteiger partial charge in [-0.25, -0.2) is 0 Å². The van der Waals surface area contributed by atoms with Crippen molar-refractivity contribution in [2.24, 2.45) is 0 Å². The van der Waals surface area contributed by atoms with E-state index in [2.05, 4.69) is 44.9 Å². The van der Waals surface area contributed by atoms with Gasteiger partial charge in [-0.15, -0.1) is 0 Å². The van der Waals surface area contributed by atoms with Crippen LogP contribution in [0, 0.1) is 6.92 Å². The Morgan fingerprint density at radius 1 is 1.21 bits per heavy atom. The molecule has 0 aromatic carbocycles. The van der Waals surface area contributed by atoms with E-state index >= 15 is 0 Å². The molecule has 0 radical (unpaired) electrons. The molecule has 5 heteroatoms. The van der Waals surface area contributed by atoms with Gasteiger partial charge in [0.1, 0.15) is 6.10 Å². The average molecular weight is 326 g/mol. The molecule has 0 amide bonds. The fourth-order valence-corrected chi connectivity index (χ4v) is 3.78. The van der Waals surface area contributed by atoms with Crippen LogP contribution in [0.3, 0.4) is 0 Å². The third-order valence-electron chi connectivity index (χ3n) is 5.17. The summed E-state index contributed by atoms with van der Waals surface area (Å²) in [6.45, 7) is 5.63. The largest absolute Gasteiger partial charge is 0.369 e. The van der Waals surface area contributed by atoms with E-state index in [0.717, 1.165) is 31.9 Å². The van der Waals surface area contributed by atoms with E-state index in [0.29, 0.717) is 6.04 Å². The van der Waals surface area contributed by atoms with Gasteiger partial charge in [-0.3, -0.25) is 14.6 Å². The number of aryl methyl sites for hydroxylation is 1. The van der Waals surface area contributed by atoms with Gasteiger partial charge in [0.15, 0.2) is 0 Å². The molecule has 1 saturated carbocycles. The quantitative estimate of drug-likeness (QED) is 0.865. The summed E-state index contributed by atoms with van der Waals surface area (Å²) >= 11 is 0. The van der Waals surface area contributed by atoms with Crippen LogP contribution in [0.25, 0.3) is 0 Å². The molecule has 1 saturated heterocycles. The molecule has 1 aliphatic heterocycles. The van der Waals surface area contributed by atoms with Crippen LogP contribution in [0.5, 0.6) is 0 Å². The van der Waals surface area contributed by atoms with Crippen molar-refractivity contribution in [1.82, 2.24) is 19.7 Å². The molecule has 2 fully saturated rings. The minimum absolute atomic E-state index is 0.0734. The highest BCUT2D eigenvalue weighted by molar-refractivity contribution is 5.15. The van der Waals surface area contributed by atoms with Crippen molar-refractivity contribution in [3.05, 3.63) is 47.5 Å². The second-order valence-electron chi connectivity index (χ2n) is 7.12. The smallest absolute Gasteiger partial charge is 0.112 e. The Balaban J connectivity index is 1.38. The minimum Gasteiger partial charge on any atom is -0.369 e. The Kier molecular flexibility index (Phi) is 4.63. The molecule has 2 aliphatic rings. The fraction of sp³-hybridized carbons (Fsp3) is 0.579. The second kappa shape index (κ2) is 7.03. The normalized spacial score (nSPS) is 23.0. The van der Waals surface area contributed by atoms with Crippen molar-refractivity contribution in [2.45, 2.75) is 51.3 Å². The lowest BCUT2D eigenvalue weighted by atomic mass is 10.1. The molecule has 2 aromatic rings. The maximum atomic E-state index is 5.93. The van der Waals surface area contributed by atoms with Gasteiger partial charge < -0.3 is 4.74 Å². The summed E-state index contributed by atoms with van der Waals surface area (Å²) in [5.74, 6) is 0. The van der Waals surface area contributed by atoms with E-state index in [4.69, 9.17) is 4.74 Å². The topological polar surface area (TPSA) is 43.2 Å². The fourth-order valence-electron chi connectivity index (χ4n) is 3.78. The van der Waals surface area contributed by atoms with Crippen LogP contribution in [0.1, 0.15) is 54.6 Å². The first-order chi connectivity index (χ1) is 11.8. The average Bonchev–Trinajstić information content (AvgIpc) is 3.27. The summed E-state index contributed by atoms with van der Waals surface area (Å²) in [6.07, 6.45) is 11.5. The van der Waals surface area contributed by atoms with E-state index in [1.165, 1.54) is 36.8 Å². The molecule has 2 aromatic heterocycles. The van der Waals surface area contributed by atoms with Gasteiger partial charge in [0, 0.05) is 37.6 Å². The standard InChI is InChI=1S/C19H26N4O/c1-15-6-7-18(20-10-15)19-14-22(8-9-24-19)12-16-11-21-23(13-16)17-4-2-3-5-17/h6-7,10-11,13,17,19H,2-5,8-9,12,14H2,1H3. The van der Waals surface area contributed by atoms with Crippen molar-refractivity contribution in [3.63, 3.8) is 0 Å². The molecule has 1 aliphatic carbocycles. The zero-order chi connectivity index (χ0) is 16.4. The number of morpholine rings is 1. The maximum Gasteiger partial charge on any atom is 0.112 e. The Morgan fingerprint density at radius 2 is 2.08 bits per heavy atom. The molecule has 4 rings (SSSR count). The SMILES string of the molecule is Cc1ccc(C2CN(Cc3cnn(C4CCCC4)c3)CCO2)nc1. The number of hydrogen-bond acceptors (Lipinski definition) is 4. The number of pyridine rings is 1. The van der Waals surface area contributed by atoms with Crippen LogP contribution in [-0.2, 0) is 11.3 Å². The van der Waals surface area contributed by atoms with Crippen molar-refractivity contribution >= 4 is 0 Å². The lowest BCUT2D eigenvalue weighted by molar-refractivity contribution is -0.0350. The first-order valence-electron chi connectivity index (χ1n) is 9.07. The summed E-state index contributed by atoms with van der Waals surface area (Å²) in [6, 6.07) is 4.81. The van der Waals surface area contributed by atoms with Crippen LogP contribution < -0.4 is 0 Å². The van der Waals surface area contributed by atoms with E-state index in [9.17, 15) is 0 Å². The molecule has 0 bridgehead atoms. The summed E-state index contributed by atoms with van der Waals surface area (Å²) in [7, 11) is 0. The molecular formula is C19H26N4O. The highest BCUT2D eigenvalue weighted by Crippen LogP contribution is 2.29. The monoisotopic (exact) mass is 326 g/mol. The van der Waals surface area contributed by atoms with Gasteiger partial charge in [-0.2, -0.15) is 5.10 Å². The Hall–Kier alpha value is -1.72. The molecule has 5 nitrogen and oxygen atoms in total. The van der Waals surface area contributed by atoms with Crippen LogP contribution >= 0.6 is 0 Å². The molecule has 0 spiro atoms. The van der Waals surface area contributed by atoms with Crippen LogP contribution in [0.4, 0.5) is 0 Å². The van der Waals surface area contributed by atoms with Gasteiger partial charge in [0.2, 0.25) is 0 Å². The number of rotatable bonds is 4. The zero-order valence-electron chi connectivity index (χ0n) is 14.4. The molecule has 24 heavy (non-hydrogen) atoms. The van der Waals surface area contributed by atoms with Crippen LogP contribution in [0.15, 0.2) is 30.7 Å². The Labute approximate surface area is 143 Å². The van der Waals surface area contributed by atoms with Gasteiger partial charge in [0.25, 0.3) is 0 Å². The van der Waals surface area contributed by atoms with Crippen molar-refractivity contribution in [1.29, 1.82) is 0 Å². The highest BCUT2D eigenvalue weighted by Gasteiger charge is 2.24. The zero-order valence-corrected chi connectivity index (χ0v) is 14.4. The lowest BCUT2D eigenvalue weighted by Crippen LogP contribution is -2.38. The van der Waals surface area contributed by atoms with Crippen molar-refractivity contribution in [3.8, 4) is 0 Å². The minimum atomic E-state index is 0.0734. The highest BCUT2D eigenvalue weighted by atomic mass is 16.5. The number of hydrogen-bond donors (Lipinski definition) is 0. The van der Waals surface area contributed by atoms with Gasteiger partial charge in [-0.1, -0.05) is 18.9 Å². The molecule has 1 atom stereocenters. The third kappa shape index (κ3) is 3.52. The summed E-state index contributed by atoms with van der Waals surface area (Å²) < 4.78 is 8.12. The van der Waals surface area contributed by atoms with Crippen molar-refractivity contribution < 1.29 is 4.74 Å². The Bertz CT molecular complexity index is 660. The van der Waals surface area contributed by atoms with Crippen LogP contribution in [0.2, 0.25) is 0 Å². The summed E-state index contributed by atoms with van der Waals surface area (Å²) in [5, 5.41) is 4.60. The predicted molar refractivity (Wildman–Crippen MR) is 92.7 cm³/mol. The molecule has 1 unspecified atom stereocenters. The van der Waals surface area contributed by atoms with E-state index in [1.54, 1.807) is 0 Å². The third-order valence-corrected chi connectivity index (χ3v) is 5.17. The number of ether oxygens (including phenoxy) is 1. The van der Waals surface area contributed by atoms with Gasteiger partial charge in [-0.05, 0) is 31.4 Å². The predicted octanol–water partition coefficient (Wildman–Crippen LogP) is 3.28. The van der Waals surface area contributed by atoms with E-state index in [1.807, 2.05) is 12.4 Å². The number of nitrogens with zero attached hydrogens (tertiary/aromatic N) is 4. The Morgan fingerprint density at radius 3 is 2.88 bits per heavy atom. The van der Waals surface area contributed by atoms with Gasteiger partial charge in [0.05, 0.1) is 24.5 Å². The van der Waals surface area contributed by atoms with Crippen molar-refractivity contribution in [2.75, 3.05) is 19.7 Å². The molecular weight excluding hydrogens is 300 g/mol. The first kappa shape index (κ1) is 15.8. The molecule has 0 N–H and O–H groups in total. The lowest BCUT2D eigenvalue weighted by Gasteiger charge is -2.32. The maximum absolute atomic E-state index is 5.93. The van der Waals surface area contributed by atoms with Gasteiger partial charge >= 0.3 is 0 Å². The first-order valence-corrected chi connectivity index (χ1v) is 9.07. The van der Waals surface area contributed by atoms with Crippen LogP contribution in [-0.4, -0.2) is 39.4 Å². The van der Waals surface area contributed by atoms with E-state index < -0.39 is 0 Å². The second-order valence-corrected chi connectivity index (χ2v) is 7.12. The summed E-state index contributed by atoms with van der Waals surface area (Å²) in [5.41, 5.74) is 3.53. The molecule has 3 heterocycles.